The Hall–Kier alpha value is -4.50. The highest BCUT2D eigenvalue weighted by Gasteiger charge is 2.50. The summed E-state index contributed by atoms with van der Waals surface area (Å²) < 4.78 is 5.06. The number of fused-ring (bicyclic) bond motifs is 1. The standard InChI is InChI=1S/C30H26ClN3O6/c31-25-12-5-4-11-23(25)27(36)33-32-26(35)17-40-30(39)20-9-6-10-21(15-20)34-28(37)22-14-13-19(16-24(22)29(34)38)18-7-2-1-3-8-18/h1-12,15,19,22,24H,13-14,16-17H2,(H,32,35)(H,33,36)/t19-,22-,24-/m1/s1. The van der Waals surface area contributed by atoms with Crippen molar-refractivity contribution in [2.45, 2.75) is 25.2 Å². The molecule has 2 fully saturated rings. The molecule has 204 valence electrons. The number of hydrogen-bond donors (Lipinski definition) is 2. The summed E-state index contributed by atoms with van der Waals surface area (Å²) in [6.07, 6.45) is 2.04. The van der Waals surface area contributed by atoms with Crippen LogP contribution in [0.2, 0.25) is 5.02 Å². The van der Waals surface area contributed by atoms with Gasteiger partial charge in [-0.2, -0.15) is 0 Å². The maximum Gasteiger partial charge on any atom is 0.338 e. The van der Waals surface area contributed by atoms with Crippen LogP contribution < -0.4 is 15.8 Å². The quantitative estimate of drug-likeness (QED) is 0.267. The molecule has 40 heavy (non-hydrogen) atoms. The zero-order valence-corrected chi connectivity index (χ0v) is 22.1. The molecule has 0 aromatic heterocycles. The average molecular weight is 560 g/mol. The zero-order valence-electron chi connectivity index (χ0n) is 21.3. The lowest BCUT2D eigenvalue weighted by atomic mass is 9.73. The van der Waals surface area contributed by atoms with Crippen LogP contribution >= 0.6 is 11.6 Å². The Morgan fingerprint density at radius 3 is 2.35 bits per heavy atom. The second kappa shape index (κ2) is 11.7. The number of esters is 1. The molecule has 2 aliphatic rings. The molecule has 0 bridgehead atoms. The van der Waals surface area contributed by atoms with Gasteiger partial charge in [-0.25, -0.2) is 4.79 Å². The van der Waals surface area contributed by atoms with Crippen molar-refractivity contribution in [2.75, 3.05) is 11.5 Å². The summed E-state index contributed by atoms with van der Waals surface area (Å²) >= 11 is 5.96. The zero-order chi connectivity index (χ0) is 28.2. The number of anilines is 1. The minimum absolute atomic E-state index is 0.0723. The summed E-state index contributed by atoms with van der Waals surface area (Å²) in [6, 6.07) is 22.3. The van der Waals surface area contributed by atoms with E-state index in [0.717, 1.165) is 16.9 Å². The third kappa shape index (κ3) is 5.60. The molecule has 1 aliphatic heterocycles. The first-order valence-electron chi connectivity index (χ1n) is 12.9. The Balaban J connectivity index is 1.19. The number of hydrogen-bond acceptors (Lipinski definition) is 6. The van der Waals surface area contributed by atoms with E-state index in [9.17, 15) is 24.0 Å². The number of ether oxygens (including phenoxy) is 1. The summed E-state index contributed by atoms with van der Waals surface area (Å²) in [5.74, 6) is -3.34. The van der Waals surface area contributed by atoms with Crippen LogP contribution in [0.15, 0.2) is 78.9 Å². The highest BCUT2D eigenvalue weighted by atomic mass is 35.5. The van der Waals surface area contributed by atoms with Gasteiger partial charge in [0.2, 0.25) is 11.8 Å². The Morgan fingerprint density at radius 2 is 1.57 bits per heavy atom. The summed E-state index contributed by atoms with van der Waals surface area (Å²) in [6.45, 7) is -0.668. The van der Waals surface area contributed by atoms with Crippen molar-refractivity contribution in [2.24, 2.45) is 11.8 Å². The second-order valence-corrected chi connectivity index (χ2v) is 10.2. The van der Waals surface area contributed by atoms with E-state index in [-0.39, 0.29) is 45.5 Å². The lowest BCUT2D eigenvalue weighted by Crippen LogP contribution is -2.43. The average Bonchev–Trinajstić information content (AvgIpc) is 3.24. The minimum Gasteiger partial charge on any atom is -0.452 e. The number of rotatable bonds is 6. The number of amides is 4. The predicted octanol–water partition coefficient (Wildman–Crippen LogP) is 4.03. The highest BCUT2D eigenvalue weighted by molar-refractivity contribution is 6.33. The van der Waals surface area contributed by atoms with Crippen molar-refractivity contribution in [1.29, 1.82) is 0 Å². The van der Waals surface area contributed by atoms with E-state index >= 15 is 0 Å². The van der Waals surface area contributed by atoms with Crippen molar-refractivity contribution < 1.29 is 28.7 Å². The maximum absolute atomic E-state index is 13.4. The topological polar surface area (TPSA) is 122 Å². The van der Waals surface area contributed by atoms with Gasteiger partial charge in [-0.05, 0) is 61.1 Å². The molecule has 2 N–H and O–H groups in total. The summed E-state index contributed by atoms with van der Waals surface area (Å²) in [5.41, 5.74) is 6.04. The number of imide groups is 1. The largest absolute Gasteiger partial charge is 0.452 e. The molecule has 1 saturated carbocycles. The van der Waals surface area contributed by atoms with Crippen molar-refractivity contribution in [3.63, 3.8) is 0 Å². The van der Waals surface area contributed by atoms with Gasteiger partial charge in [-0.15, -0.1) is 0 Å². The molecule has 3 aromatic rings. The van der Waals surface area contributed by atoms with Crippen molar-refractivity contribution in [1.82, 2.24) is 10.9 Å². The molecule has 1 heterocycles. The van der Waals surface area contributed by atoms with E-state index < -0.39 is 30.3 Å². The lowest BCUT2D eigenvalue weighted by molar-refractivity contribution is -0.125. The smallest absolute Gasteiger partial charge is 0.338 e. The van der Waals surface area contributed by atoms with E-state index in [1.54, 1.807) is 24.3 Å². The van der Waals surface area contributed by atoms with Crippen molar-refractivity contribution in [3.8, 4) is 0 Å². The van der Waals surface area contributed by atoms with Crippen LogP contribution in [-0.4, -0.2) is 36.2 Å². The van der Waals surface area contributed by atoms with Crippen LogP contribution in [0.3, 0.4) is 0 Å². The molecule has 4 amide bonds. The lowest BCUT2D eigenvalue weighted by Gasteiger charge is -2.28. The third-order valence-electron chi connectivity index (χ3n) is 7.30. The van der Waals surface area contributed by atoms with Crippen molar-refractivity contribution in [3.05, 3.63) is 101 Å². The van der Waals surface area contributed by atoms with Gasteiger partial charge in [0, 0.05) is 0 Å². The van der Waals surface area contributed by atoms with E-state index in [2.05, 4.69) is 10.9 Å². The Morgan fingerprint density at radius 1 is 0.850 bits per heavy atom. The van der Waals surface area contributed by atoms with Gasteiger partial charge in [-0.3, -0.25) is 34.9 Å². The van der Waals surface area contributed by atoms with Crippen LogP contribution in [-0.2, 0) is 19.1 Å². The molecule has 5 rings (SSSR count). The fourth-order valence-corrected chi connectivity index (χ4v) is 5.54. The van der Waals surface area contributed by atoms with Gasteiger partial charge in [0.25, 0.3) is 11.8 Å². The van der Waals surface area contributed by atoms with Crippen LogP contribution in [0.5, 0.6) is 0 Å². The summed E-state index contributed by atoms with van der Waals surface area (Å²) in [5, 5.41) is 0.214. The maximum atomic E-state index is 13.4. The minimum atomic E-state index is -0.824. The van der Waals surface area contributed by atoms with Gasteiger partial charge < -0.3 is 4.74 Å². The molecule has 0 radical (unpaired) electrons. The predicted molar refractivity (Wildman–Crippen MR) is 146 cm³/mol. The first kappa shape index (κ1) is 27.1. The molecule has 10 heteroatoms. The molecule has 9 nitrogen and oxygen atoms in total. The molecule has 0 unspecified atom stereocenters. The Labute approximate surface area is 235 Å². The number of carbonyl (C=O) groups is 5. The Bertz CT molecular complexity index is 1480. The van der Waals surface area contributed by atoms with Gasteiger partial charge in [0.15, 0.2) is 6.61 Å². The molecule has 1 saturated heterocycles. The van der Waals surface area contributed by atoms with Crippen LogP contribution in [0.25, 0.3) is 0 Å². The summed E-state index contributed by atoms with van der Waals surface area (Å²) in [4.78, 5) is 64.7. The molecular weight excluding hydrogens is 534 g/mol. The normalized spacial score (nSPS) is 20.0. The SMILES string of the molecule is O=C(COC(=O)c1cccc(N2C(=O)[C@@H]3CC[C@@H](c4ccccc4)C[C@H]3C2=O)c1)NNC(=O)c1ccccc1Cl. The summed E-state index contributed by atoms with van der Waals surface area (Å²) in [7, 11) is 0. The molecule has 0 spiro atoms. The van der Waals surface area contributed by atoms with Crippen molar-refractivity contribution >= 4 is 46.9 Å². The number of carbonyl (C=O) groups excluding carboxylic acids is 5. The monoisotopic (exact) mass is 559 g/mol. The van der Waals surface area contributed by atoms with E-state index in [1.165, 1.54) is 24.3 Å². The second-order valence-electron chi connectivity index (χ2n) is 9.75. The van der Waals surface area contributed by atoms with Crippen LogP contribution in [0, 0.1) is 11.8 Å². The van der Waals surface area contributed by atoms with Crippen LogP contribution in [0.1, 0.15) is 51.5 Å². The highest BCUT2D eigenvalue weighted by Crippen LogP contribution is 2.45. The van der Waals surface area contributed by atoms with Gasteiger partial charge in [0.05, 0.1) is 33.7 Å². The molecule has 1 aliphatic carbocycles. The number of hydrazine groups is 1. The Kier molecular flexibility index (Phi) is 7.93. The number of nitrogens with one attached hydrogen (secondary N) is 2. The number of benzene rings is 3. The number of nitrogens with zero attached hydrogens (tertiary/aromatic N) is 1. The fourth-order valence-electron chi connectivity index (χ4n) is 5.32. The molecule has 3 atom stereocenters. The van der Waals surface area contributed by atoms with E-state index in [4.69, 9.17) is 16.3 Å². The van der Waals surface area contributed by atoms with Gasteiger partial charge in [0.1, 0.15) is 0 Å². The van der Waals surface area contributed by atoms with Gasteiger partial charge in [-0.1, -0.05) is 60.1 Å². The first-order valence-corrected chi connectivity index (χ1v) is 13.2. The molecular formula is C30H26ClN3O6. The first-order chi connectivity index (χ1) is 19.3. The molecule has 3 aromatic carbocycles. The number of halogens is 1. The van der Waals surface area contributed by atoms with E-state index in [0.29, 0.717) is 12.8 Å². The van der Waals surface area contributed by atoms with Gasteiger partial charge >= 0.3 is 5.97 Å². The van der Waals surface area contributed by atoms with E-state index in [1.807, 2.05) is 30.3 Å². The van der Waals surface area contributed by atoms with Crippen LogP contribution in [0.4, 0.5) is 5.69 Å². The fraction of sp³-hybridized carbons (Fsp3) is 0.233. The third-order valence-corrected chi connectivity index (χ3v) is 7.63.